The molecule has 1 amide bonds. The fourth-order valence-corrected chi connectivity index (χ4v) is 2.96. The van der Waals surface area contributed by atoms with Crippen LogP contribution in [0.4, 0.5) is 0 Å². The first-order chi connectivity index (χ1) is 12.2. The second-order valence-electron chi connectivity index (χ2n) is 6.15. The van der Waals surface area contributed by atoms with Gasteiger partial charge in [0.05, 0.1) is 5.92 Å². The van der Waals surface area contributed by atoms with Gasteiger partial charge in [-0.15, -0.1) is 24.8 Å². The maximum absolute atomic E-state index is 12.6. The Morgan fingerprint density at radius 2 is 1.52 bits per heavy atom. The molecule has 6 heteroatoms. The number of rotatable bonds is 9. The fourth-order valence-electron chi connectivity index (χ4n) is 2.96. The Balaban J connectivity index is 0.00000338. The molecule has 0 bridgehead atoms. The average Bonchev–Trinajstić information content (AvgIpc) is 2.66. The summed E-state index contributed by atoms with van der Waals surface area (Å²) in [6.07, 6.45) is 0. The highest BCUT2D eigenvalue weighted by molar-refractivity contribution is 5.85. The second-order valence-corrected chi connectivity index (χ2v) is 6.15. The lowest BCUT2D eigenvalue weighted by Gasteiger charge is -2.21. The minimum absolute atomic E-state index is 0. The van der Waals surface area contributed by atoms with E-state index in [1.165, 1.54) is 5.56 Å². The predicted octanol–water partition coefficient (Wildman–Crippen LogP) is 3.73. The average molecular weight is 412 g/mol. The highest BCUT2D eigenvalue weighted by atomic mass is 35.5. The van der Waals surface area contributed by atoms with E-state index in [2.05, 4.69) is 42.3 Å². The summed E-state index contributed by atoms with van der Waals surface area (Å²) in [4.78, 5) is 15.0. The Morgan fingerprint density at radius 1 is 0.963 bits per heavy atom. The molecular weight excluding hydrogens is 381 g/mol. The van der Waals surface area contributed by atoms with Gasteiger partial charge in [0, 0.05) is 19.6 Å². The van der Waals surface area contributed by atoms with Crippen molar-refractivity contribution in [2.75, 3.05) is 19.6 Å². The first-order valence-corrected chi connectivity index (χ1v) is 9.01. The van der Waals surface area contributed by atoms with Crippen molar-refractivity contribution in [1.82, 2.24) is 10.2 Å². The van der Waals surface area contributed by atoms with Crippen molar-refractivity contribution in [1.29, 1.82) is 0 Å². The van der Waals surface area contributed by atoms with Gasteiger partial charge >= 0.3 is 0 Å². The number of benzene rings is 2. The summed E-state index contributed by atoms with van der Waals surface area (Å²) in [7, 11) is 0. The van der Waals surface area contributed by atoms with Crippen LogP contribution in [0.1, 0.15) is 36.5 Å². The zero-order valence-electron chi connectivity index (χ0n) is 16.1. The third-order valence-corrected chi connectivity index (χ3v) is 4.61. The molecule has 1 atom stereocenters. The molecule has 0 saturated heterocycles. The van der Waals surface area contributed by atoms with Crippen LogP contribution in [0.5, 0.6) is 0 Å². The van der Waals surface area contributed by atoms with Crippen molar-refractivity contribution >= 4 is 30.7 Å². The van der Waals surface area contributed by atoms with Crippen molar-refractivity contribution in [3.05, 3.63) is 71.3 Å². The minimum atomic E-state index is -0.309. The van der Waals surface area contributed by atoms with Gasteiger partial charge in [-0.3, -0.25) is 9.69 Å². The van der Waals surface area contributed by atoms with Gasteiger partial charge in [0.2, 0.25) is 5.91 Å². The van der Waals surface area contributed by atoms with Crippen molar-refractivity contribution in [3.63, 3.8) is 0 Å². The first-order valence-electron chi connectivity index (χ1n) is 9.01. The van der Waals surface area contributed by atoms with E-state index < -0.39 is 0 Å². The molecule has 0 aliphatic rings. The number of halogens is 2. The van der Waals surface area contributed by atoms with Gasteiger partial charge in [-0.05, 0) is 29.8 Å². The van der Waals surface area contributed by atoms with Gasteiger partial charge < -0.3 is 11.1 Å². The maximum atomic E-state index is 12.6. The van der Waals surface area contributed by atoms with Crippen LogP contribution in [0.3, 0.4) is 0 Å². The van der Waals surface area contributed by atoms with Gasteiger partial charge in [-0.25, -0.2) is 0 Å². The quantitative estimate of drug-likeness (QED) is 0.660. The Hall–Kier alpha value is -1.59. The van der Waals surface area contributed by atoms with Crippen LogP contribution in [0.15, 0.2) is 54.6 Å². The molecule has 27 heavy (non-hydrogen) atoms. The lowest BCUT2D eigenvalue weighted by Crippen LogP contribution is -2.33. The van der Waals surface area contributed by atoms with E-state index in [0.717, 1.165) is 30.8 Å². The highest BCUT2D eigenvalue weighted by Gasteiger charge is 2.18. The third kappa shape index (κ3) is 7.51. The molecule has 0 heterocycles. The number of amides is 1. The number of nitrogens with one attached hydrogen (secondary N) is 1. The highest BCUT2D eigenvalue weighted by Crippen LogP contribution is 2.16. The molecule has 150 valence electrons. The van der Waals surface area contributed by atoms with Crippen molar-refractivity contribution in [2.45, 2.75) is 32.9 Å². The van der Waals surface area contributed by atoms with E-state index in [9.17, 15) is 4.79 Å². The summed E-state index contributed by atoms with van der Waals surface area (Å²) in [6.45, 7) is 8.09. The van der Waals surface area contributed by atoms with E-state index in [1.807, 2.05) is 36.4 Å². The van der Waals surface area contributed by atoms with E-state index >= 15 is 0 Å². The molecule has 0 saturated carbocycles. The molecule has 0 spiro atoms. The van der Waals surface area contributed by atoms with Crippen LogP contribution in [-0.2, 0) is 17.9 Å². The number of nitrogens with two attached hydrogens (primary N) is 1. The minimum Gasteiger partial charge on any atom is -0.351 e. The lowest BCUT2D eigenvalue weighted by molar-refractivity contribution is -0.122. The lowest BCUT2D eigenvalue weighted by atomic mass is 9.98. The standard InChI is InChI=1S/C21H29N3O.2ClH/c1-3-24(4-2)16-19-13-9-8-12-18(19)15-23-21(25)20(14-22)17-10-6-5-7-11-17;;/h5-13,20H,3-4,14-16,22H2,1-2H3,(H,23,25);2*1H. The summed E-state index contributed by atoms with van der Waals surface area (Å²) in [5.41, 5.74) is 9.21. The van der Waals surface area contributed by atoms with Crippen LogP contribution in [0.2, 0.25) is 0 Å². The molecule has 3 N–H and O–H groups in total. The van der Waals surface area contributed by atoms with E-state index in [-0.39, 0.29) is 36.6 Å². The molecule has 1 unspecified atom stereocenters. The van der Waals surface area contributed by atoms with E-state index in [1.54, 1.807) is 0 Å². The molecule has 0 aliphatic carbocycles. The van der Waals surface area contributed by atoms with Gasteiger partial charge in [-0.1, -0.05) is 68.4 Å². The van der Waals surface area contributed by atoms with Crippen molar-refractivity contribution in [2.24, 2.45) is 5.73 Å². The topological polar surface area (TPSA) is 58.4 Å². The van der Waals surface area contributed by atoms with Gasteiger partial charge in [0.15, 0.2) is 0 Å². The van der Waals surface area contributed by atoms with Gasteiger partial charge in [0.1, 0.15) is 0 Å². The van der Waals surface area contributed by atoms with E-state index in [4.69, 9.17) is 5.73 Å². The van der Waals surface area contributed by atoms with Crippen LogP contribution >= 0.6 is 24.8 Å². The Bertz CT molecular complexity index is 663. The molecule has 0 aromatic heterocycles. The van der Waals surface area contributed by atoms with Crippen LogP contribution < -0.4 is 11.1 Å². The van der Waals surface area contributed by atoms with Gasteiger partial charge in [-0.2, -0.15) is 0 Å². The van der Waals surface area contributed by atoms with Crippen molar-refractivity contribution in [3.8, 4) is 0 Å². The Kier molecular flexibility index (Phi) is 12.8. The number of carbonyl (C=O) groups is 1. The number of hydrogen-bond donors (Lipinski definition) is 2. The molecule has 4 nitrogen and oxygen atoms in total. The summed E-state index contributed by atoms with van der Waals surface area (Å²) in [5.74, 6) is -0.331. The molecule has 2 rings (SSSR count). The first kappa shape index (κ1) is 25.4. The normalized spacial score (nSPS) is 11.3. The Labute approximate surface area is 175 Å². The smallest absolute Gasteiger partial charge is 0.229 e. The number of nitrogens with zero attached hydrogens (tertiary/aromatic N) is 1. The van der Waals surface area contributed by atoms with Gasteiger partial charge in [0.25, 0.3) is 0 Å². The summed E-state index contributed by atoms with van der Waals surface area (Å²) in [6, 6.07) is 18.0. The monoisotopic (exact) mass is 411 g/mol. The fraction of sp³-hybridized carbons (Fsp3) is 0.381. The predicted molar refractivity (Wildman–Crippen MR) is 118 cm³/mol. The molecule has 2 aromatic rings. The van der Waals surface area contributed by atoms with Crippen LogP contribution in [0.25, 0.3) is 0 Å². The molecule has 0 aliphatic heterocycles. The summed E-state index contributed by atoms with van der Waals surface area (Å²) >= 11 is 0. The summed E-state index contributed by atoms with van der Waals surface area (Å²) in [5, 5.41) is 3.06. The maximum Gasteiger partial charge on any atom is 0.229 e. The second kappa shape index (κ2) is 13.6. The molecule has 0 fully saturated rings. The van der Waals surface area contributed by atoms with Crippen LogP contribution in [-0.4, -0.2) is 30.4 Å². The largest absolute Gasteiger partial charge is 0.351 e. The number of carbonyl (C=O) groups excluding carboxylic acids is 1. The van der Waals surface area contributed by atoms with Crippen LogP contribution in [0, 0.1) is 0 Å². The molecule has 2 aromatic carbocycles. The molecule has 0 radical (unpaired) electrons. The summed E-state index contributed by atoms with van der Waals surface area (Å²) < 4.78 is 0. The Morgan fingerprint density at radius 3 is 2.07 bits per heavy atom. The van der Waals surface area contributed by atoms with E-state index in [0.29, 0.717) is 13.1 Å². The zero-order chi connectivity index (χ0) is 18.1. The zero-order valence-corrected chi connectivity index (χ0v) is 17.7. The van der Waals surface area contributed by atoms with Crippen molar-refractivity contribution < 1.29 is 4.79 Å². The number of hydrogen-bond acceptors (Lipinski definition) is 3. The third-order valence-electron chi connectivity index (χ3n) is 4.61. The SMILES string of the molecule is CCN(CC)Cc1ccccc1CNC(=O)C(CN)c1ccccc1.Cl.Cl. The molecular formula is C21H31Cl2N3O.